The number of ether oxygens (including phenoxy) is 5. The van der Waals surface area contributed by atoms with Crippen LogP contribution in [0.15, 0.2) is 12.7 Å². The first-order valence-corrected chi connectivity index (χ1v) is 10.6. The molecule has 0 radical (unpaired) electrons. The van der Waals surface area contributed by atoms with Crippen LogP contribution >= 0.6 is 0 Å². The number of carboxylic acids is 1. The molecule has 16 heteroatoms. The van der Waals surface area contributed by atoms with Crippen molar-refractivity contribution in [3.05, 3.63) is 12.7 Å². The van der Waals surface area contributed by atoms with Crippen LogP contribution in [0.3, 0.4) is 0 Å². The second-order valence-electron chi connectivity index (χ2n) is 8.20. The van der Waals surface area contributed by atoms with Gasteiger partial charge in [-0.3, -0.25) is 0 Å². The zero-order valence-electron chi connectivity index (χ0n) is 19.8. The van der Waals surface area contributed by atoms with Gasteiger partial charge in [-0.1, -0.05) is 6.08 Å². The summed E-state index contributed by atoms with van der Waals surface area (Å²) in [6.07, 6.45) is -14.5. The number of aliphatic carboxylic acids is 1. The van der Waals surface area contributed by atoms with Gasteiger partial charge in [0.2, 0.25) is 5.79 Å². The van der Waals surface area contributed by atoms with E-state index in [0.717, 1.165) is 7.11 Å². The van der Waals surface area contributed by atoms with E-state index in [1.807, 2.05) is 0 Å². The Hall–Kier alpha value is -0.760. The summed E-state index contributed by atoms with van der Waals surface area (Å²) in [7, 11) is 0.942. The molecule has 2 aliphatic rings. The van der Waals surface area contributed by atoms with Crippen molar-refractivity contribution in [3.63, 3.8) is 0 Å². The molecule has 0 aromatic carbocycles. The van der Waals surface area contributed by atoms with E-state index in [1.165, 1.54) is 6.08 Å². The van der Waals surface area contributed by atoms with Crippen molar-refractivity contribution < 1.29 is 104 Å². The van der Waals surface area contributed by atoms with Crippen molar-refractivity contribution in [1.29, 1.82) is 0 Å². The van der Waals surface area contributed by atoms with Gasteiger partial charge in [0, 0.05) is 12.8 Å². The molecule has 0 unspecified atom stereocenters. The van der Waals surface area contributed by atoms with Crippen molar-refractivity contribution in [2.75, 3.05) is 26.9 Å². The second-order valence-corrected chi connectivity index (χ2v) is 8.20. The van der Waals surface area contributed by atoms with E-state index in [4.69, 9.17) is 18.9 Å². The van der Waals surface area contributed by atoms with Crippen molar-refractivity contribution in [1.82, 2.24) is 0 Å². The summed E-state index contributed by atoms with van der Waals surface area (Å²) < 4.78 is 25.7. The summed E-state index contributed by atoms with van der Waals surface area (Å²) in [5.41, 5.74) is 0. The SMILES string of the molecule is C=CCO[C@]1(C(=O)[O-])C[C@@H](O)[C@@H](O)[C@@H]([C@H](O)CO[C@]2(C(=O)OC)C[C@@H](O)[C@@H](O)[C@@H]([C@H](O)CO)O2)O1.[Na+]. The molecule has 2 rings (SSSR count). The number of hydrogen-bond acceptors (Lipinski definition) is 15. The molecule has 2 saturated heterocycles. The quantitative estimate of drug-likeness (QED) is 0.0739. The van der Waals surface area contributed by atoms with Gasteiger partial charge in [0.15, 0.2) is 0 Å². The van der Waals surface area contributed by atoms with Crippen LogP contribution in [0.4, 0.5) is 0 Å². The topological polar surface area (TPSA) is 245 Å². The Labute approximate surface area is 228 Å². The summed E-state index contributed by atoms with van der Waals surface area (Å²) in [6, 6.07) is 0. The maximum Gasteiger partial charge on any atom is 1.00 e. The van der Waals surface area contributed by atoms with Crippen LogP contribution in [-0.2, 0) is 33.3 Å². The number of methoxy groups -OCH3 is 1. The molecule has 2 fully saturated rings. The third kappa shape index (κ3) is 7.00. The Morgan fingerprint density at radius 3 is 2.00 bits per heavy atom. The summed E-state index contributed by atoms with van der Waals surface area (Å²) in [6.45, 7) is 1.18. The monoisotopic (exact) mass is 534 g/mol. The maximum absolute atomic E-state index is 12.5. The number of esters is 1. The molecule has 0 aromatic rings. The number of carbonyl (C=O) groups excluding carboxylic acids is 2. The average molecular weight is 534 g/mol. The third-order valence-electron chi connectivity index (χ3n) is 5.74. The molecule has 0 aliphatic carbocycles. The van der Waals surface area contributed by atoms with Gasteiger partial charge in [-0.2, -0.15) is 0 Å². The first kappa shape index (κ1) is 33.3. The van der Waals surface area contributed by atoms with Crippen LogP contribution in [0.25, 0.3) is 0 Å². The molecular weight excluding hydrogens is 503 g/mol. The smallest absolute Gasteiger partial charge is 0.544 e. The molecule has 202 valence electrons. The van der Waals surface area contributed by atoms with Gasteiger partial charge in [-0.15, -0.1) is 6.58 Å². The first-order chi connectivity index (χ1) is 16.4. The van der Waals surface area contributed by atoms with E-state index in [2.05, 4.69) is 11.3 Å². The number of carboxylic acid groups (broad SMARTS) is 1. The molecule has 2 heterocycles. The van der Waals surface area contributed by atoms with E-state index in [9.17, 15) is 50.4 Å². The van der Waals surface area contributed by atoms with Crippen molar-refractivity contribution >= 4 is 11.9 Å². The molecule has 2 aliphatic heterocycles. The standard InChI is InChI=1S/C20H32O15.Na/c1-3-4-32-19(17(28)29)5-9(22)14(27)16(34-19)12(25)8-33-20(18(30)31-2)6-10(23)13(26)15(35-20)11(24)7-21;/h3,9-16,21-27H,1,4-8H2,2H3,(H,28,29);/q;+1/p-1/t9-,10-,11-,12-,13-,14-,15-,16-,19-,20-;/m1./s1. The molecule has 0 aromatic heterocycles. The Balaban J connectivity index is 0.00000648. The molecule has 0 spiro atoms. The fourth-order valence-electron chi connectivity index (χ4n) is 3.85. The summed E-state index contributed by atoms with van der Waals surface area (Å²) in [5.74, 6) is -8.20. The van der Waals surface area contributed by atoms with Crippen molar-refractivity contribution in [3.8, 4) is 0 Å². The predicted molar refractivity (Wildman–Crippen MR) is 107 cm³/mol. The number of aliphatic hydroxyl groups is 7. The van der Waals surface area contributed by atoms with Gasteiger partial charge in [-0.25, -0.2) is 4.79 Å². The van der Waals surface area contributed by atoms with Crippen LogP contribution in [0, 0.1) is 0 Å². The van der Waals surface area contributed by atoms with Crippen molar-refractivity contribution in [2.24, 2.45) is 0 Å². The van der Waals surface area contributed by atoms with E-state index in [1.54, 1.807) is 0 Å². The average Bonchev–Trinajstić information content (AvgIpc) is 2.83. The largest absolute Gasteiger partial charge is 1.00 e. The molecule has 10 atom stereocenters. The second kappa shape index (κ2) is 13.9. The predicted octanol–water partition coefficient (Wildman–Crippen LogP) is -8.74. The molecule has 15 nitrogen and oxygen atoms in total. The molecule has 36 heavy (non-hydrogen) atoms. The van der Waals surface area contributed by atoms with E-state index >= 15 is 0 Å². The van der Waals surface area contributed by atoms with Crippen molar-refractivity contribution in [2.45, 2.75) is 73.2 Å². The van der Waals surface area contributed by atoms with Gasteiger partial charge in [0.25, 0.3) is 5.79 Å². The van der Waals surface area contributed by atoms with Crippen LogP contribution in [-0.4, -0.2) is 135 Å². The Morgan fingerprint density at radius 2 is 1.53 bits per heavy atom. The number of hydrogen-bond donors (Lipinski definition) is 7. The van der Waals surface area contributed by atoms with Crippen LogP contribution in [0.5, 0.6) is 0 Å². The molecule has 0 amide bonds. The van der Waals surface area contributed by atoms with E-state index < -0.39 is 98.4 Å². The number of carbonyl (C=O) groups is 2. The minimum absolute atomic E-state index is 0. The summed E-state index contributed by atoms with van der Waals surface area (Å²) in [4.78, 5) is 24.2. The van der Waals surface area contributed by atoms with E-state index in [0.29, 0.717) is 0 Å². The number of rotatable bonds is 11. The molecule has 0 bridgehead atoms. The van der Waals surface area contributed by atoms with Gasteiger partial charge in [-0.05, 0) is 0 Å². The minimum atomic E-state index is -2.56. The van der Waals surface area contributed by atoms with Gasteiger partial charge >= 0.3 is 35.5 Å². The third-order valence-corrected chi connectivity index (χ3v) is 5.74. The van der Waals surface area contributed by atoms with Crippen LogP contribution < -0.4 is 34.7 Å². The first-order valence-electron chi connectivity index (χ1n) is 10.6. The fourth-order valence-corrected chi connectivity index (χ4v) is 3.85. The normalized spacial score (nSPS) is 38.3. The Kier molecular flexibility index (Phi) is 12.8. The molecule has 0 saturated carbocycles. The van der Waals surface area contributed by atoms with Gasteiger partial charge in [0.05, 0.1) is 39.1 Å². The summed E-state index contributed by atoms with van der Waals surface area (Å²) >= 11 is 0. The van der Waals surface area contributed by atoms with Crippen LogP contribution in [0.2, 0.25) is 0 Å². The van der Waals surface area contributed by atoms with Crippen LogP contribution in [0.1, 0.15) is 12.8 Å². The minimum Gasteiger partial charge on any atom is -0.544 e. The zero-order valence-corrected chi connectivity index (χ0v) is 21.8. The fraction of sp³-hybridized carbons (Fsp3) is 0.800. The van der Waals surface area contributed by atoms with Gasteiger partial charge in [0.1, 0.15) is 42.6 Å². The van der Waals surface area contributed by atoms with E-state index in [-0.39, 0.29) is 36.2 Å². The Morgan fingerprint density at radius 1 is 1.03 bits per heavy atom. The molecular formula is C20H31NaO15. The summed E-state index contributed by atoms with van der Waals surface area (Å²) in [5, 5.41) is 82.2. The van der Waals surface area contributed by atoms with Gasteiger partial charge < -0.3 is 69.3 Å². The zero-order chi connectivity index (χ0) is 26.6. The Bertz CT molecular complexity index is 755. The maximum atomic E-state index is 12.5. The molecule has 7 N–H and O–H groups in total. The number of aliphatic hydroxyl groups excluding tert-OH is 7.